The number of methoxy groups -OCH3 is 1. The van der Waals surface area contributed by atoms with E-state index in [0.29, 0.717) is 22.9 Å². The van der Waals surface area contributed by atoms with Crippen LogP contribution >= 0.6 is 11.3 Å². The Balaban J connectivity index is 1.45. The lowest BCUT2D eigenvalue weighted by Gasteiger charge is -2.13. The number of benzene rings is 2. The number of anilines is 2. The highest BCUT2D eigenvalue weighted by atomic mass is 32.1. The van der Waals surface area contributed by atoms with Crippen molar-refractivity contribution in [2.24, 2.45) is 7.05 Å². The predicted molar refractivity (Wildman–Crippen MR) is 156 cm³/mol. The minimum atomic E-state index is -0.309. The lowest BCUT2D eigenvalue weighted by atomic mass is 10.0. The molecule has 3 aromatic heterocycles. The molecule has 5 aromatic rings. The van der Waals surface area contributed by atoms with Crippen LogP contribution in [0.3, 0.4) is 0 Å². The van der Waals surface area contributed by atoms with Crippen LogP contribution in [0.25, 0.3) is 38.2 Å². The van der Waals surface area contributed by atoms with Gasteiger partial charge < -0.3 is 30.8 Å². The molecule has 9 nitrogen and oxygen atoms in total. The average molecular weight is 542 g/mol. The lowest BCUT2D eigenvalue weighted by Crippen LogP contribution is -2.24. The molecule has 0 unspecified atom stereocenters. The molecule has 5 rings (SSSR count). The number of aromatic nitrogens is 2. The number of rotatable bonds is 8. The molecule has 2 amide bonds. The first-order valence-corrected chi connectivity index (χ1v) is 13.1. The molecule has 0 spiro atoms. The van der Waals surface area contributed by atoms with E-state index in [1.807, 2.05) is 59.5 Å². The highest BCUT2D eigenvalue weighted by Crippen LogP contribution is 2.41. The highest BCUT2D eigenvalue weighted by Gasteiger charge is 2.18. The first-order valence-electron chi connectivity index (χ1n) is 12.2. The Labute approximate surface area is 228 Å². The summed E-state index contributed by atoms with van der Waals surface area (Å²) in [5, 5.41) is 18.2. The first kappa shape index (κ1) is 26.0. The van der Waals surface area contributed by atoms with Crippen LogP contribution in [0.15, 0.2) is 66.2 Å². The number of fused-ring (bicyclic) bond motifs is 2. The minimum absolute atomic E-state index is 0.128. The molecular formula is C29H27N5O4S. The fraction of sp³-hybridized carbons (Fsp3) is 0.138. The normalized spacial score (nSPS) is 11.4. The Bertz CT molecular complexity index is 1740. The van der Waals surface area contributed by atoms with Gasteiger partial charge in [0.2, 0.25) is 5.91 Å². The molecule has 0 aliphatic carbocycles. The van der Waals surface area contributed by atoms with Crippen molar-refractivity contribution in [3.63, 3.8) is 0 Å². The van der Waals surface area contributed by atoms with Gasteiger partial charge in [0, 0.05) is 58.0 Å². The molecule has 10 heteroatoms. The second kappa shape index (κ2) is 11.0. The lowest BCUT2D eigenvalue weighted by molar-refractivity contribution is -0.116. The van der Waals surface area contributed by atoms with Crippen molar-refractivity contribution >= 4 is 61.7 Å². The molecular weight excluding hydrogens is 514 g/mol. The van der Waals surface area contributed by atoms with Crippen LogP contribution in [0.5, 0.6) is 5.75 Å². The molecule has 0 saturated heterocycles. The van der Waals surface area contributed by atoms with Gasteiger partial charge >= 0.3 is 0 Å². The number of pyridine rings is 1. The zero-order valence-electron chi connectivity index (χ0n) is 21.4. The number of nitrogens with two attached hydrogens (primary N) is 1. The van der Waals surface area contributed by atoms with Gasteiger partial charge in [0.25, 0.3) is 5.91 Å². The second-order valence-corrected chi connectivity index (χ2v) is 9.70. The number of carbonyl (C=O) groups excluding carboxylic acids is 2. The molecule has 5 N–H and O–H groups in total. The van der Waals surface area contributed by atoms with Crippen molar-refractivity contribution in [1.82, 2.24) is 14.9 Å². The van der Waals surface area contributed by atoms with E-state index < -0.39 is 0 Å². The fourth-order valence-corrected chi connectivity index (χ4v) is 5.56. The van der Waals surface area contributed by atoms with Crippen molar-refractivity contribution in [2.75, 3.05) is 31.3 Å². The number of hydrogen-bond acceptors (Lipinski definition) is 7. The Hall–Kier alpha value is -4.67. The number of hydrogen-bond donors (Lipinski definition) is 4. The van der Waals surface area contributed by atoms with Gasteiger partial charge in [-0.1, -0.05) is 24.3 Å². The average Bonchev–Trinajstić information content (AvgIpc) is 3.54. The number of aliphatic hydroxyl groups excluding tert-OH is 1. The van der Waals surface area contributed by atoms with Crippen LogP contribution in [-0.2, 0) is 11.8 Å². The third-order valence-corrected chi connectivity index (χ3v) is 7.45. The van der Waals surface area contributed by atoms with Gasteiger partial charge in [0.1, 0.15) is 17.3 Å². The van der Waals surface area contributed by atoms with E-state index in [0.717, 1.165) is 37.7 Å². The topological polar surface area (TPSA) is 132 Å². The second-order valence-electron chi connectivity index (χ2n) is 8.82. The molecule has 0 aliphatic heterocycles. The number of aryl methyl sites for hydroxylation is 1. The highest BCUT2D eigenvalue weighted by molar-refractivity contribution is 7.18. The smallest absolute Gasteiger partial charge is 0.272 e. The predicted octanol–water partition coefficient (Wildman–Crippen LogP) is 4.42. The number of para-hydroxylation sites is 1. The number of amides is 2. The van der Waals surface area contributed by atoms with Gasteiger partial charge in [-0.25, -0.2) is 4.98 Å². The third-order valence-electron chi connectivity index (χ3n) is 6.42. The Kier molecular flexibility index (Phi) is 7.31. The number of nitrogens with one attached hydrogen (secondary N) is 2. The van der Waals surface area contributed by atoms with Crippen LogP contribution in [0.1, 0.15) is 16.1 Å². The number of aliphatic hydroxyl groups is 1. The molecule has 0 radical (unpaired) electrons. The summed E-state index contributed by atoms with van der Waals surface area (Å²) >= 11 is 1.49. The van der Waals surface area contributed by atoms with Crippen molar-refractivity contribution < 1.29 is 19.4 Å². The van der Waals surface area contributed by atoms with Gasteiger partial charge in [-0.05, 0) is 41.3 Å². The largest absolute Gasteiger partial charge is 0.495 e. The molecule has 0 saturated carbocycles. The van der Waals surface area contributed by atoms with Crippen molar-refractivity contribution in [2.45, 2.75) is 0 Å². The standard InChI is InChI=1S/C29H27N5O4S/c1-34-22-6-4-3-5-18(22)13-23(34)29(37)33-21-9-7-17(14-24(21)38-2)20-16-39-27-19(15-32-28(30)26(20)27)8-10-25(36)31-11-12-35/h3-10,13-16,35H,11-12H2,1-2H3,(H2,30,32)(H,31,36)(H,33,37). The molecule has 2 aromatic carbocycles. The van der Waals surface area contributed by atoms with Crippen LogP contribution in [0.2, 0.25) is 0 Å². The van der Waals surface area contributed by atoms with Crippen molar-refractivity contribution in [1.29, 1.82) is 0 Å². The summed E-state index contributed by atoms with van der Waals surface area (Å²) in [6.07, 6.45) is 4.70. The van der Waals surface area contributed by atoms with E-state index in [2.05, 4.69) is 15.6 Å². The van der Waals surface area contributed by atoms with E-state index in [-0.39, 0.29) is 25.0 Å². The molecule has 3 heterocycles. The maximum Gasteiger partial charge on any atom is 0.272 e. The van der Waals surface area contributed by atoms with Crippen molar-refractivity contribution in [3.8, 4) is 16.9 Å². The SMILES string of the molecule is COc1cc(-c2csc3c(C=CC(=O)NCCO)cnc(N)c23)ccc1NC(=O)c1cc2ccccc2n1C. The summed E-state index contributed by atoms with van der Waals surface area (Å²) < 4.78 is 8.38. The maximum absolute atomic E-state index is 13.2. The number of carbonyl (C=O) groups is 2. The molecule has 0 aliphatic rings. The Morgan fingerprint density at radius 2 is 2.03 bits per heavy atom. The van der Waals surface area contributed by atoms with Crippen LogP contribution in [-0.4, -0.2) is 46.7 Å². The number of ether oxygens (including phenoxy) is 1. The number of nitrogens with zero attached hydrogens (tertiary/aromatic N) is 2. The summed E-state index contributed by atoms with van der Waals surface area (Å²) in [5.74, 6) is 0.322. The summed E-state index contributed by atoms with van der Waals surface area (Å²) in [5.41, 5.74) is 10.8. The Morgan fingerprint density at radius 1 is 1.21 bits per heavy atom. The number of thiophene rings is 1. The summed E-state index contributed by atoms with van der Waals surface area (Å²) in [7, 11) is 3.42. The van der Waals surface area contributed by atoms with Crippen molar-refractivity contribution in [3.05, 3.63) is 77.4 Å². The Morgan fingerprint density at radius 3 is 2.79 bits per heavy atom. The van der Waals surface area contributed by atoms with E-state index in [1.165, 1.54) is 17.4 Å². The van der Waals surface area contributed by atoms with Crippen LogP contribution in [0.4, 0.5) is 11.5 Å². The van der Waals surface area contributed by atoms with Gasteiger partial charge in [0.05, 0.1) is 19.4 Å². The summed E-state index contributed by atoms with van der Waals surface area (Å²) in [4.78, 5) is 29.4. The summed E-state index contributed by atoms with van der Waals surface area (Å²) in [6.45, 7) is 0.0542. The molecule has 39 heavy (non-hydrogen) atoms. The zero-order chi connectivity index (χ0) is 27.5. The van der Waals surface area contributed by atoms with Crippen LogP contribution < -0.4 is 21.1 Å². The van der Waals surface area contributed by atoms with Gasteiger partial charge in [0.15, 0.2) is 0 Å². The van der Waals surface area contributed by atoms with Gasteiger partial charge in [-0.2, -0.15) is 0 Å². The van der Waals surface area contributed by atoms with Gasteiger partial charge in [-0.15, -0.1) is 11.3 Å². The zero-order valence-corrected chi connectivity index (χ0v) is 22.2. The molecule has 0 fully saturated rings. The molecule has 0 bridgehead atoms. The fourth-order valence-electron chi connectivity index (χ4n) is 4.48. The third kappa shape index (κ3) is 5.07. The maximum atomic E-state index is 13.2. The number of nitrogen functional groups attached to an aromatic ring is 1. The van der Waals surface area contributed by atoms with Crippen LogP contribution in [0, 0.1) is 0 Å². The summed E-state index contributed by atoms with van der Waals surface area (Å²) in [6, 6.07) is 15.2. The van der Waals surface area contributed by atoms with E-state index in [4.69, 9.17) is 15.6 Å². The van der Waals surface area contributed by atoms with Gasteiger partial charge in [-0.3, -0.25) is 9.59 Å². The molecule has 198 valence electrons. The monoisotopic (exact) mass is 541 g/mol. The first-order chi connectivity index (χ1) is 18.9. The van der Waals surface area contributed by atoms with E-state index >= 15 is 0 Å². The minimum Gasteiger partial charge on any atom is -0.495 e. The van der Waals surface area contributed by atoms with E-state index in [1.54, 1.807) is 25.4 Å². The quantitative estimate of drug-likeness (QED) is 0.215. The molecule has 0 atom stereocenters. The van der Waals surface area contributed by atoms with E-state index in [9.17, 15) is 9.59 Å².